The predicted octanol–water partition coefficient (Wildman–Crippen LogP) is 0.389. The summed E-state index contributed by atoms with van der Waals surface area (Å²) in [6.07, 6.45) is 4.74. The standard InChI is InChI=1S/C10H11N5O2/c1-17-10-6-11-7(5-12-10)4-9(16)14-8-2-3-13-15-8/h2-3,5-6H,4H2,1H3,(H2,13,14,15,16). The van der Waals surface area contributed by atoms with Crippen LogP contribution in [-0.2, 0) is 11.2 Å². The molecule has 0 aliphatic heterocycles. The summed E-state index contributed by atoms with van der Waals surface area (Å²) in [5, 5.41) is 9.04. The van der Waals surface area contributed by atoms with E-state index >= 15 is 0 Å². The van der Waals surface area contributed by atoms with Crippen LogP contribution in [0.1, 0.15) is 5.69 Å². The lowest BCUT2D eigenvalue weighted by Crippen LogP contribution is -2.15. The molecule has 0 aliphatic rings. The molecule has 88 valence electrons. The summed E-state index contributed by atoms with van der Waals surface area (Å²) in [7, 11) is 1.51. The number of carbonyl (C=O) groups is 1. The topological polar surface area (TPSA) is 92.8 Å². The van der Waals surface area contributed by atoms with Crippen LogP contribution in [-0.4, -0.2) is 33.2 Å². The summed E-state index contributed by atoms with van der Waals surface area (Å²) in [6.45, 7) is 0. The Bertz CT molecular complexity index is 480. The van der Waals surface area contributed by atoms with E-state index in [0.29, 0.717) is 17.4 Å². The van der Waals surface area contributed by atoms with Gasteiger partial charge in [0.25, 0.3) is 0 Å². The molecule has 0 atom stereocenters. The van der Waals surface area contributed by atoms with E-state index in [1.165, 1.54) is 19.5 Å². The molecule has 17 heavy (non-hydrogen) atoms. The molecule has 0 aliphatic carbocycles. The first-order valence-corrected chi connectivity index (χ1v) is 4.92. The summed E-state index contributed by atoms with van der Waals surface area (Å²) >= 11 is 0. The fraction of sp³-hybridized carbons (Fsp3) is 0.200. The first kappa shape index (κ1) is 11.1. The van der Waals surface area contributed by atoms with Crippen molar-refractivity contribution in [3.05, 3.63) is 30.4 Å². The van der Waals surface area contributed by atoms with Gasteiger partial charge in [-0.15, -0.1) is 0 Å². The van der Waals surface area contributed by atoms with Gasteiger partial charge in [-0.2, -0.15) is 5.10 Å². The molecule has 2 N–H and O–H groups in total. The van der Waals surface area contributed by atoms with Crippen LogP contribution in [0.15, 0.2) is 24.7 Å². The number of methoxy groups -OCH3 is 1. The average molecular weight is 233 g/mol. The maximum atomic E-state index is 11.6. The summed E-state index contributed by atoms with van der Waals surface area (Å²) in [6, 6.07) is 1.66. The number of ether oxygens (including phenoxy) is 1. The van der Waals surface area contributed by atoms with Crippen molar-refractivity contribution in [2.75, 3.05) is 12.4 Å². The number of nitrogens with one attached hydrogen (secondary N) is 2. The van der Waals surface area contributed by atoms with Crippen LogP contribution in [0.2, 0.25) is 0 Å². The van der Waals surface area contributed by atoms with Crippen molar-refractivity contribution in [1.82, 2.24) is 20.2 Å². The maximum absolute atomic E-state index is 11.6. The van der Waals surface area contributed by atoms with E-state index < -0.39 is 0 Å². The highest BCUT2D eigenvalue weighted by Gasteiger charge is 2.06. The minimum atomic E-state index is -0.198. The monoisotopic (exact) mass is 233 g/mol. The van der Waals surface area contributed by atoms with Gasteiger partial charge in [-0.1, -0.05) is 0 Å². The smallest absolute Gasteiger partial charge is 0.231 e. The Hall–Kier alpha value is -2.44. The summed E-state index contributed by atoms with van der Waals surface area (Å²) in [5.41, 5.74) is 0.568. The van der Waals surface area contributed by atoms with Crippen LogP contribution >= 0.6 is 0 Å². The Balaban J connectivity index is 1.93. The zero-order chi connectivity index (χ0) is 12.1. The van der Waals surface area contributed by atoms with Gasteiger partial charge >= 0.3 is 0 Å². The van der Waals surface area contributed by atoms with Gasteiger partial charge < -0.3 is 10.1 Å². The van der Waals surface area contributed by atoms with E-state index in [0.717, 1.165) is 0 Å². The minimum Gasteiger partial charge on any atom is -0.480 e. The second-order valence-corrected chi connectivity index (χ2v) is 3.23. The van der Waals surface area contributed by atoms with Crippen molar-refractivity contribution in [3.63, 3.8) is 0 Å². The van der Waals surface area contributed by atoms with Crippen molar-refractivity contribution < 1.29 is 9.53 Å². The van der Waals surface area contributed by atoms with Gasteiger partial charge in [0.2, 0.25) is 11.8 Å². The van der Waals surface area contributed by atoms with Crippen molar-refractivity contribution >= 4 is 11.7 Å². The molecule has 0 unspecified atom stereocenters. The Morgan fingerprint density at radius 3 is 2.94 bits per heavy atom. The zero-order valence-electron chi connectivity index (χ0n) is 9.17. The Morgan fingerprint density at radius 1 is 1.47 bits per heavy atom. The number of amides is 1. The zero-order valence-corrected chi connectivity index (χ0v) is 9.17. The van der Waals surface area contributed by atoms with E-state index in [2.05, 4.69) is 25.5 Å². The molecular formula is C10H11N5O2. The van der Waals surface area contributed by atoms with Gasteiger partial charge in [0, 0.05) is 12.3 Å². The number of aromatic amines is 1. The predicted molar refractivity (Wildman–Crippen MR) is 59.5 cm³/mol. The molecule has 7 nitrogen and oxygen atoms in total. The second kappa shape index (κ2) is 5.06. The Kier molecular flexibility index (Phi) is 3.29. The van der Waals surface area contributed by atoms with Crippen molar-refractivity contribution in [3.8, 4) is 5.88 Å². The highest BCUT2D eigenvalue weighted by Crippen LogP contribution is 2.04. The number of rotatable bonds is 4. The van der Waals surface area contributed by atoms with E-state index in [4.69, 9.17) is 4.74 Å². The highest BCUT2D eigenvalue weighted by molar-refractivity contribution is 5.90. The molecule has 2 heterocycles. The molecule has 0 bridgehead atoms. The minimum absolute atomic E-state index is 0.143. The van der Waals surface area contributed by atoms with E-state index in [1.807, 2.05) is 0 Å². The lowest BCUT2D eigenvalue weighted by molar-refractivity contribution is -0.115. The Morgan fingerprint density at radius 2 is 2.35 bits per heavy atom. The molecule has 0 radical (unpaired) electrons. The number of H-pyrrole nitrogens is 1. The number of aromatic nitrogens is 4. The average Bonchev–Trinajstić information content (AvgIpc) is 2.82. The van der Waals surface area contributed by atoms with E-state index in [-0.39, 0.29) is 12.3 Å². The lowest BCUT2D eigenvalue weighted by Gasteiger charge is -2.02. The summed E-state index contributed by atoms with van der Waals surface area (Å²) in [5.74, 6) is 0.703. The van der Waals surface area contributed by atoms with E-state index in [1.54, 1.807) is 12.3 Å². The van der Waals surface area contributed by atoms with Gasteiger partial charge in [0.1, 0.15) is 0 Å². The number of hydrogen-bond acceptors (Lipinski definition) is 5. The third kappa shape index (κ3) is 3.00. The fourth-order valence-electron chi connectivity index (χ4n) is 1.22. The molecule has 0 saturated carbocycles. The lowest BCUT2D eigenvalue weighted by atomic mass is 10.3. The molecule has 1 amide bonds. The molecule has 0 aromatic carbocycles. The largest absolute Gasteiger partial charge is 0.480 e. The van der Waals surface area contributed by atoms with Crippen LogP contribution in [0.5, 0.6) is 5.88 Å². The van der Waals surface area contributed by atoms with Crippen molar-refractivity contribution in [2.24, 2.45) is 0 Å². The van der Waals surface area contributed by atoms with Gasteiger partial charge in [0.05, 0.1) is 31.6 Å². The first-order chi connectivity index (χ1) is 8.28. The van der Waals surface area contributed by atoms with Gasteiger partial charge in [-0.05, 0) is 0 Å². The van der Waals surface area contributed by atoms with E-state index in [9.17, 15) is 4.79 Å². The van der Waals surface area contributed by atoms with Gasteiger partial charge in [-0.25, -0.2) is 4.98 Å². The van der Waals surface area contributed by atoms with Crippen molar-refractivity contribution in [2.45, 2.75) is 6.42 Å². The third-order valence-electron chi connectivity index (χ3n) is 2.00. The van der Waals surface area contributed by atoms with Gasteiger partial charge in [0.15, 0.2) is 5.82 Å². The number of anilines is 1. The molecule has 2 aromatic rings. The first-order valence-electron chi connectivity index (χ1n) is 4.92. The molecule has 0 fully saturated rings. The van der Waals surface area contributed by atoms with Crippen molar-refractivity contribution in [1.29, 1.82) is 0 Å². The van der Waals surface area contributed by atoms with Gasteiger partial charge in [-0.3, -0.25) is 14.9 Å². The fourth-order valence-corrected chi connectivity index (χ4v) is 1.22. The quantitative estimate of drug-likeness (QED) is 0.796. The molecule has 2 rings (SSSR count). The Labute approximate surface area is 97.2 Å². The van der Waals surface area contributed by atoms with Crippen LogP contribution in [0, 0.1) is 0 Å². The number of nitrogens with zero attached hydrogens (tertiary/aromatic N) is 3. The summed E-state index contributed by atoms with van der Waals surface area (Å²) in [4.78, 5) is 19.6. The SMILES string of the molecule is COc1cnc(CC(=O)Nc2cc[nH]n2)cn1. The third-order valence-corrected chi connectivity index (χ3v) is 2.00. The molecule has 0 saturated heterocycles. The van der Waals surface area contributed by atoms with Crippen LogP contribution in [0.4, 0.5) is 5.82 Å². The molecule has 2 aromatic heterocycles. The highest BCUT2D eigenvalue weighted by atomic mass is 16.5. The van der Waals surface area contributed by atoms with Crippen LogP contribution < -0.4 is 10.1 Å². The summed E-state index contributed by atoms with van der Waals surface area (Å²) < 4.78 is 4.87. The molecule has 7 heteroatoms. The molecular weight excluding hydrogens is 222 g/mol. The second-order valence-electron chi connectivity index (χ2n) is 3.23. The van der Waals surface area contributed by atoms with Crippen LogP contribution in [0.3, 0.4) is 0 Å². The number of carbonyl (C=O) groups excluding carboxylic acids is 1. The molecule has 0 spiro atoms. The van der Waals surface area contributed by atoms with Crippen LogP contribution in [0.25, 0.3) is 0 Å². The number of hydrogen-bond donors (Lipinski definition) is 2. The normalized spacial score (nSPS) is 9.94. The maximum Gasteiger partial charge on any atom is 0.231 e.